The molecule has 0 unspecified atom stereocenters. The van der Waals surface area contributed by atoms with Gasteiger partial charge in [-0.2, -0.15) is 0 Å². The van der Waals surface area contributed by atoms with Gasteiger partial charge in [-0.3, -0.25) is 0 Å². The maximum absolute atomic E-state index is 11.9. The second-order valence-corrected chi connectivity index (χ2v) is 6.28. The third-order valence-corrected chi connectivity index (χ3v) is 4.61. The van der Waals surface area contributed by atoms with Crippen LogP contribution in [0.4, 0.5) is 0 Å². The molecule has 16 heavy (non-hydrogen) atoms. The summed E-state index contributed by atoms with van der Waals surface area (Å²) in [4.78, 5) is 0.290. The van der Waals surface area contributed by atoms with E-state index in [1.807, 2.05) is 0 Å². The first kappa shape index (κ1) is 11.7. The topological polar surface area (TPSA) is 52.6 Å². The molecule has 6 heteroatoms. The molecule has 1 aromatic carbocycles. The number of hydrogen-bond donors (Lipinski definition) is 0. The van der Waals surface area contributed by atoms with Crippen LogP contribution in [0.1, 0.15) is 6.42 Å². The van der Waals surface area contributed by atoms with E-state index in [1.54, 1.807) is 12.1 Å². The normalized spacial score (nSPS) is 14.1. The number of ether oxygens (including phenoxy) is 2. The molecule has 0 amide bonds. The summed E-state index contributed by atoms with van der Waals surface area (Å²) in [6.45, 7) is 0.153. The van der Waals surface area contributed by atoms with Crippen molar-refractivity contribution in [3.8, 4) is 11.5 Å². The van der Waals surface area contributed by atoms with Gasteiger partial charge in [-0.25, -0.2) is 8.42 Å². The lowest BCUT2D eigenvalue weighted by molar-refractivity contribution is 0.174. The van der Waals surface area contributed by atoms with Crippen molar-refractivity contribution >= 4 is 25.8 Å². The number of alkyl halides is 1. The maximum Gasteiger partial charge on any atom is 0.231 e. The lowest BCUT2D eigenvalue weighted by Gasteiger charge is -2.04. The number of hydrogen-bond acceptors (Lipinski definition) is 4. The number of benzene rings is 1. The van der Waals surface area contributed by atoms with E-state index < -0.39 is 9.84 Å². The minimum atomic E-state index is -3.21. The smallest absolute Gasteiger partial charge is 0.231 e. The molecule has 0 atom stereocenters. The molecule has 1 aliphatic heterocycles. The lowest BCUT2D eigenvalue weighted by Crippen LogP contribution is -2.07. The molecular weight excluding hydrogens is 296 g/mol. The van der Waals surface area contributed by atoms with Crippen molar-refractivity contribution in [2.75, 3.05) is 17.9 Å². The highest BCUT2D eigenvalue weighted by atomic mass is 79.9. The Bertz CT molecular complexity index is 484. The van der Waals surface area contributed by atoms with Gasteiger partial charge in [0.1, 0.15) is 0 Å². The van der Waals surface area contributed by atoms with Gasteiger partial charge < -0.3 is 9.47 Å². The van der Waals surface area contributed by atoms with Crippen LogP contribution < -0.4 is 9.47 Å². The summed E-state index contributed by atoms with van der Waals surface area (Å²) in [5.74, 6) is 1.23. The van der Waals surface area contributed by atoms with Crippen LogP contribution in [-0.4, -0.2) is 26.3 Å². The Hall–Kier alpha value is -0.750. The Morgan fingerprint density at radius 2 is 2.00 bits per heavy atom. The molecule has 1 aromatic rings. The third-order valence-electron chi connectivity index (χ3n) is 2.25. The van der Waals surface area contributed by atoms with E-state index in [0.29, 0.717) is 23.2 Å². The highest BCUT2D eigenvalue weighted by Gasteiger charge is 2.19. The zero-order valence-corrected chi connectivity index (χ0v) is 10.9. The van der Waals surface area contributed by atoms with Gasteiger partial charge in [0.05, 0.1) is 10.6 Å². The molecule has 0 aromatic heterocycles. The standard InChI is InChI=1S/C10H11BrO4S/c11-4-1-5-16(12,13)8-2-3-9-10(6-8)15-7-14-9/h2-3,6H,1,4-5,7H2. The highest BCUT2D eigenvalue weighted by molar-refractivity contribution is 9.09. The van der Waals surface area contributed by atoms with Crippen molar-refractivity contribution < 1.29 is 17.9 Å². The van der Waals surface area contributed by atoms with Gasteiger partial charge in [-0.1, -0.05) is 15.9 Å². The van der Waals surface area contributed by atoms with Crippen LogP contribution in [0.3, 0.4) is 0 Å². The summed E-state index contributed by atoms with van der Waals surface area (Å²) in [5.41, 5.74) is 0. The van der Waals surface area contributed by atoms with Gasteiger partial charge in [0, 0.05) is 11.4 Å². The third kappa shape index (κ3) is 2.32. The average molecular weight is 307 g/mol. The van der Waals surface area contributed by atoms with Crippen molar-refractivity contribution in [2.24, 2.45) is 0 Å². The van der Waals surface area contributed by atoms with Crippen molar-refractivity contribution in [1.82, 2.24) is 0 Å². The van der Waals surface area contributed by atoms with Crippen LogP contribution >= 0.6 is 15.9 Å². The summed E-state index contributed by atoms with van der Waals surface area (Å²) in [5, 5.41) is 0.677. The fourth-order valence-corrected chi connectivity index (χ4v) is 3.41. The fourth-order valence-electron chi connectivity index (χ4n) is 1.43. The Morgan fingerprint density at radius 1 is 1.25 bits per heavy atom. The molecule has 2 rings (SSSR count). The quantitative estimate of drug-likeness (QED) is 0.798. The number of halogens is 1. The average Bonchev–Trinajstić information content (AvgIpc) is 2.73. The molecule has 1 aliphatic rings. The molecule has 88 valence electrons. The SMILES string of the molecule is O=S(=O)(CCCBr)c1ccc2c(c1)OCO2. The fraction of sp³-hybridized carbons (Fsp3) is 0.400. The first-order valence-electron chi connectivity index (χ1n) is 4.82. The monoisotopic (exact) mass is 306 g/mol. The summed E-state index contributed by atoms with van der Waals surface area (Å²) in [7, 11) is -3.21. The summed E-state index contributed by atoms with van der Waals surface area (Å²) < 4.78 is 34.0. The molecule has 0 radical (unpaired) electrons. The zero-order valence-electron chi connectivity index (χ0n) is 8.48. The molecule has 0 fully saturated rings. The number of sulfone groups is 1. The van der Waals surface area contributed by atoms with Crippen LogP contribution in [-0.2, 0) is 9.84 Å². The van der Waals surface area contributed by atoms with Gasteiger partial charge in [-0.05, 0) is 18.6 Å². The predicted molar refractivity (Wildman–Crippen MR) is 63.0 cm³/mol. The van der Waals surface area contributed by atoms with Crippen LogP contribution in [0.5, 0.6) is 11.5 Å². The van der Waals surface area contributed by atoms with Gasteiger partial charge in [-0.15, -0.1) is 0 Å². The molecule has 0 bridgehead atoms. The van der Waals surface area contributed by atoms with Crippen molar-refractivity contribution in [3.05, 3.63) is 18.2 Å². The lowest BCUT2D eigenvalue weighted by atomic mass is 10.3. The molecule has 0 saturated carbocycles. The molecule has 1 heterocycles. The molecule has 0 spiro atoms. The van der Waals surface area contributed by atoms with E-state index >= 15 is 0 Å². The molecule has 4 nitrogen and oxygen atoms in total. The summed E-state index contributed by atoms with van der Waals surface area (Å²) >= 11 is 3.22. The van der Waals surface area contributed by atoms with E-state index in [1.165, 1.54) is 6.07 Å². The number of rotatable bonds is 4. The van der Waals surface area contributed by atoms with E-state index in [0.717, 1.165) is 0 Å². The van der Waals surface area contributed by atoms with Gasteiger partial charge in [0.2, 0.25) is 6.79 Å². The zero-order chi connectivity index (χ0) is 11.6. The second-order valence-electron chi connectivity index (χ2n) is 3.38. The minimum absolute atomic E-state index is 0.137. The molecule has 0 N–H and O–H groups in total. The van der Waals surface area contributed by atoms with E-state index in [4.69, 9.17) is 9.47 Å². The first-order chi connectivity index (χ1) is 7.63. The first-order valence-corrected chi connectivity index (χ1v) is 7.59. The van der Waals surface area contributed by atoms with E-state index in [2.05, 4.69) is 15.9 Å². The molecular formula is C10H11BrO4S. The Labute approximate surface area is 103 Å². The van der Waals surface area contributed by atoms with Gasteiger partial charge in [0.25, 0.3) is 0 Å². The van der Waals surface area contributed by atoms with Crippen molar-refractivity contribution in [1.29, 1.82) is 0 Å². The van der Waals surface area contributed by atoms with E-state index in [9.17, 15) is 8.42 Å². The van der Waals surface area contributed by atoms with Gasteiger partial charge >= 0.3 is 0 Å². The Kier molecular flexibility index (Phi) is 3.39. The largest absolute Gasteiger partial charge is 0.454 e. The minimum Gasteiger partial charge on any atom is -0.454 e. The highest BCUT2D eigenvalue weighted by Crippen LogP contribution is 2.34. The molecule has 0 aliphatic carbocycles. The summed E-state index contributed by atoms with van der Waals surface area (Å²) in [6.07, 6.45) is 0.594. The van der Waals surface area contributed by atoms with E-state index in [-0.39, 0.29) is 17.4 Å². The second kappa shape index (κ2) is 4.63. The Morgan fingerprint density at radius 3 is 2.75 bits per heavy atom. The van der Waals surface area contributed by atoms with Gasteiger partial charge in [0.15, 0.2) is 21.3 Å². The van der Waals surface area contributed by atoms with Crippen LogP contribution in [0.15, 0.2) is 23.1 Å². The van der Waals surface area contributed by atoms with Crippen LogP contribution in [0.2, 0.25) is 0 Å². The molecule has 0 saturated heterocycles. The van der Waals surface area contributed by atoms with Crippen LogP contribution in [0, 0.1) is 0 Å². The van der Waals surface area contributed by atoms with Crippen molar-refractivity contribution in [2.45, 2.75) is 11.3 Å². The van der Waals surface area contributed by atoms with Crippen molar-refractivity contribution in [3.63, 3.8) is 0 Å². The summed E-state index contributed by atoms with van der Waals surface area (Å²) in [6, 6.07) is 4.70. The predicted octanol–water partition coefficient (Wildman–Crippen LogP) is 1.97. The maximum atomic E-state index is 11.9. The number of fused-ring (bicyclic) bond motifs is 1. The van der Waals surface area contributed by atoms with Crippen LogP contribution in [0.25, 0.3) is 0 Å². The Balaban J connectivity index is 2.27.